The van der Waals surface area contributed by atoms with Crippen molar-refractivity contribution in [3.63, 3.8) is 0 Å². The Morgan fingerprint density at radius 3 is 2.83 bits per heavy atom. The van der Waals surface area contributed by atoms with Crippen molar-refractivity contribution in [3.8, 4) is 0 Å². The van der Waals surface area contributed by atoms with Crippen molar-refractivity contribution in [1.82, 2.24) is 19.9 Å². The Hall–Kier alpha value is -2.46. The molecular weight excluding hydrogens is 296 g/mol. The molecule has 1 saturated heterocycles. The molecule has 122 valence electrons. The Labute approximate surface area is 142 Å². The lowest BCUT2D eigenvalue weighted by atomic mass is 9.96. The molecule has 1 fully saturated rings. The summed E-state index contributed by atoms with van der Waals surface area (Å²) in [6.45, 7) is 4.20. The summed E-state index contributed by atoms with van der Waals surface area (Å²) in [6, 6.07) is 12.4. The van der Waals surface area contributed by atoms with Gasteiger partial charge in [0.25, 0.3) is 0 Å². The van der Waals surface area contributed by atoms with Crippen LogP contribution in [0.25, 0.3) is 17.8 Å². The number of aromatic nitrogens is 3. The van der Waals surface area contributed by atoms with Gasteiger partial charge in [-0.05, 0) is 44.0 Å². The Balaban J connectivity index is 1.74. The van der Waals surface area contributed by atoms with Crippen LogP contribution in [0.2, 0.25) is 0 Å². The smallest absolute Gasteiger partial charge is 0.162 e. The minimum absolute atomic E-state index is 0.509. The third-order valence-corrected chi connectivity index (χ3v) is 4.73. The molecule has 2 aromatic heterocycles. The maximum atomic E-state index is 4.78. The molecule has 4 nitrogen and oxygen atoms in total. The third-order valence-electron chi connectivity index (χ3n) is 4.73. The molecule has 0 unspecified atom stereocenters. The van der Waals surface area contributed by atoms with E-state index >= 15 is 0 Å². The maximum Gasteiger partial charge on any atom is 0.162 e. The summed E-state index contributed by atoms with van der Waals surface area (Å²) in [4.78, 5) is 4.60. The van der Waals surface area contributed by atoms with Crippen LogP contribution in [0, 0.1) is 6.92 Å². The van der Waals surface area contributed by atoms with Gasteiger partial charge in [0.15, 0.2) is 5.65 Å². The van der Waals surface area contributed by atoms with Gasteiger partial charge in [0.2, 0.25) is 0 Å². The maximum absolute atomic E-state index is 4.78. The average molecular weight is 318 g/mol. The van der Waals surface area contributed by atoms with Gasteiger partial charge < -0.3 is 5.32 Å². The van der Waals surface area contributed by atoms with Crippen LogP contribution >= 0.6 is 0 Å². The first-order chi connectivity index (χ1) is 11.8. The SMILES string of the molecule is Cc1nn2c([C@H]3CCCNC3)ccnc2c1/C=C/c1ccccc1. The van der Waals surface area contributed by atoms with Crippen molar-refractivity contribution in [1.29, 1.82) is 0 Å². The second kappa shape index (κ2) is 6.57. The molecule has 0 spiro atoms. The summed E-state index contributed by atoms with van der Waals surface area (Å²) >= 11 is 0. The fourth-order valence-electron chi connectivity index (χ4n) is 3.44. The lowest BCUT2D eigenvalue weighted by Crippen LogP contribution is -2.29. The van der Waals surface area contributed by atoms with Crippen molar-refractivity contribution in [2.75, 3.05) is 13.1 Å². The molecule has 1 aliphatic heterocycles. The average Bonchev–Trinajstić information content (AvgIpc) is 2.97. The molecule has 3 aromatic rings. The van der Waals surface area contributed by atoms with Crippen molar-refractivity contribution in [2.45, 2.75) is 25.7 Å². The minimum atomic E-state index is 0.509. The van der Waals surface area contributed by atoms with Gasteiger partial charge in [-0.1, -0.05) is 36.4 Å². The molecule has 1 atom stereocenters. The third kappa shape index (κ3) is 2.85. The molecule has 4 heteroatoms. The second-order valence-corrected chi connectivity index (χ2v) is 6.39. The van der Waals surface area contributed by atoms with Crippen LogP contribution in [-0.4, -0.2) is 27.7 Å². The summed E-state index contributed by atoms with van der Waals surface area (Å²) in [6.07, 6.45) is 8.60. The van der Waals surface area contributed by atoms with Gasteiger partial charge in [-0.3, -0.25) is 0 Å². The molecule has 0 radical (unpaired) electrons. The highest BCUT2D eigenvalue weighted by molar-refractivity contribution is 5.77. The van der Waals surface area contributed by atoms with Crippen molar-refractivity contribution in [2.24, 2.45) is 0 Å². The van der Waals surface area contributed by atoms with E-state index in [1.54, 1.807) is 0 Å². The van der Waals surface area contributed by atoms with E-state index in [1.165, 1.54) is 24.1 Å². The van der Waals surface area contributed by atoms with Crippen LogP contribution < -0.4 is 5.32 Å². The number of hydrogen-bond donors (Lipinski definition) is 1. The van der Waals surface area contributed by atoms with Crippen LogP contribution in [0.4, 0.5) is 0 Å². The van der Waals surface area contributed by atoms with E-state index in [0.29, 0.717) is 5.92 Å². The van der Waals surface area contributed by atoms with E-state index in [2.05, 4.69) is 59.7 Å². The topological polar surface area (TPSA) is 42.2 Å². The van der Waals surface area contributed by atoms with E-state index < -0.39 is 0 Å². The van der Waals surface area contributed by atoms with E-state index in [1.807, 2.05) is 16.8 Å². The first kappa shape index (κ1) is 15.1. The first-order valence-corrected chi connectivity index (χ1v) is 8.61. The van der Waals surface area contributed by atoms with Crippen LogP contribution in [0.3, 0.4) is 0 Å². The van der Waals surface area contributed by atoms with Gasteiger partial charge in [0.1, 0.15) is 0 Å². The predicted molar refractivity (Wildman–Crippen MR) is 97.9 cm³/mol. The number of hydrogen-bond acceptors (Lipinski definition) is 3. The number of benzene rings is 1. The minimum Gasteiger partial charge on any atom is -0.316 e. The lowest BCUT2D eigenvalue weighted by Gasteiger charge is -2.23. The molecule has 3 heterocycles. The van der Waals surface area contributed by atoms with Gasteiger partial charge in [0, 0.05) is 24.2 Å². The van der Waals surface area contributed by atoms with Crippen molar-refractivity contribution >= 4 is 17.8 Å². The zero-order chi connectivity index (χ0) is 16.4. The second-order valence-electron chi connectivity index (χ2n) is 6.39. The lowest BCUT2D eigenvalue weighted by molar-refractivity contribution is 0.448. The predicted octanol–water partition coefficient (Wildman–Crippen LogP) is 3.68. The van der Waals surface area contributed by atoms with Gasteiger partial charge in [0.05, 0.1) is 11.4 Å². The van der Waals surface area contributed by atoms with Gasteiger partial charge >= 0.3 is 0 Å². The number of fused-ring (bicyclic) bond motifs is 1. The molecule has 0 amide bonds. The highest BCUT2D eigenvalue weighted by Crippen LogP contribution is 2.25. The highest BCUT2D eigenvalue weighted by Gasteiger charge is 2.20. The van der Waals surface area contributed by atoms with E-state index in [-0.39, 0.29) is 0 Å². The monoisotopic (exact) mass is 318 g/mol. The van der Waals surface area contributed by atoms with Crippen LogP contribution in [0.1, 0.15) is 41.3 Å². The van der Waals surface area contributed by atoms with Crippen molar-refractivity contribution < 1.29 is 0 Å². The number of rotatable bonds is 3. The van der Waals surface area contributed by atoms with E-state index in [4.69, 9.17) is 5.10 Å². The van der Waals surface area contributed by atoms with E-state index in [9.17, 15) is 0 Å². The van der Waals surface area contributed by atoms with E-state index in [0.717, 1.165) is 30.0 Å². The van der Waals surface area contributed by atoms with Crippen LogP contribution in [-0.2, 0) is 0 Å². The molecule has 4 rings (SSSR count). The zero-order valence-corrected chi connectivity index (χ0v) is 13.9. The van der Waals surface area contributed by atoms with Crippen molar-refractivity contribution in [3.05, 3.63) is 65.1 Å². The molecule has 1 N–H and O–H groups in total. The van der Waals surface area contributed by atoms with Gasteiger partial charge in [-0.25, -0.2) is 9.50 Å². The number of nitrogens with zero attached hydrogens (tertiary/aromatic N) is 3. The Morgan fingerprint density at radius 1 is 1.17 bits per heavy atom. The molecule has 1 aliphatic rings. The number of aryl methyl sites for hydroxylation is 1. The summed E-state index contributed by atoms with van der Waals surface area (Å²) in [5.74, 6) is 0.509. The first-order valence-electron chi connectivity index (χ1n) is 8.61. The molecular formula is C20H22N4. The fraction of sp³-hybridized carbons (Fsp3) is 0.300. The molecule has 0 bridgehead atoms. The van der Waals surface area contributed by atoms with Crippen LogP contribution in [0.5, 0.6) is 0 Å². The largest absolute Gasteiger partial charge is 0.316 e. The number of piperidine rings is 1. The summed E-state index contributed by atoms with van der Waals surface area (Å²) in [5, 5.41) is 8.27. The quantitative estimate of drug-likeness (QED) is 0.801. The van der Waals surface area contributed by atoms with Gasteiger partial charge in [-0.2, -0.15) is 5.10 Å². The Morgan fingerprint density at radius 2 is 2.04 bits per heavy atom. The highest BCUT2D eigenvalue weighted by atomic mass is 15.3. The fourth-order valence-corrected chi connectivity index (χ4v) is 3.44. The van der Waals surface area contributed by atoms with Gasteiger partial charge in [-0.15, -0.1) is 0 Å². The number of nitrogens with one attached hydrogen (secondary N) is 1. The Bertz CT molecular complexity index is 858. The Kier molecular flexibility index (Phi) is 4.13. The van der Waals surface area contributed by atoms with Crippen LogP contribution in [0.15, 0.2) is 42.6 Å². The normalized spacial score (nSPS) is 18.5. The standard InChI is InChI=1S/C20H22N4/c1-15-18(10-9-16-6-3-2-4-7-16)20-22-13-11-19(24(20)23-15)17-8-5-12-21-14-17/h2-4,6-7,9-11,13,17,21H,5,8,12,14H2,1H3/b10-9+/t17-/m0/s1. The zero-order valence-electron chi connectivity index (χ0n) is 13.9. The summed E-state index contributed by atoms with van der Waals surface area (Å²) < 4.78 is 2.04. The molecule has 0 aliphatic carbocycles. The summed E-state index contributed by atoms with van der Waals surface area (Å²) in [5.41, 5.74) is 5.51. The molecule has 1 aromatic carbocycles. The molecule has 24 heavy (non-hydrogen) atoms. The summed E-state index contributed by atoms with van der Waals surface area (Å²) in [7, 11) is 0. The molecule has 0 saturated carbocycles.